The first-order valence-electron chi connectivity index (χ1n) is 7.17. The van der Waals surface area contributed by atoms with Gasteiger partial charge in [0, 0.05) is 11.6 Å². The lowest BCUT2D eigenvalue weighted by Crippen LogP contribution is -2.02. The molecule has 1 aliphatic carbocycles. The van der Waals surface area contributed by atoms with Gasteiger partial charge in [-0.05, 0) is 35.8 Å². The molecule has 118 valence electrons. The van der Waals surface area contributed by atoms with Crippen molar-refractivity contribution in [3.05, 3.63) is 62.3 Å². The highest BCUT2D eigenvalue weighted by atomic mass is 35.5. The number of fused-ring (bicyclic) bond motifs is 2. The third-order valence-corrected chi connectivity index (χ3v) is 4.80. The van der Waals surface area contributed by atoms with E-state index in [1.54, 1.807) is 14.0 Å². The maximum absolute atomic E-state index is 12.0. The summed E-state index contributed by atoms with van der Waals surface area (Å²) in [5.41, 5.74) is 3.61. The Balaban J connectivity index is 2.27. The number of thiophene rings is 1. The molecule has 0 radical (unpaired) electrons. The molecule has 1 heterocycles. The standard InChI is InChI=1S/C18H15ClO3S/c1-3-22-17(20)10-13-12-7-5-4-6-11(12)8-15(21-2)18-14(13)9-16(19)23-18/h4-10H,3H2,1-2H3/b13-10-. The van der Waals surface area contributed by atoms with E-state index in [9.17, 15) is 4.79 Å². The van der Waals surface area contributed by atoms with E-state index in [-0.39, 0.29) is 5.97 Å². The van der Waals surface area contributed by atoms with Gasteiger partial charge in [-0.2, -0.15) is 0 Å². The van der Waals surface area contributed by atoms with Gasteiger partial charge in [0.15, 0.2) is 0 Å². The summed E-state index contributed by atoms with van der Waals surface area (Å²) in [6.07, 6.45) is 3.49. The van der Waals surface area contributed by atoms with Crippen LogP contribution < -0.4 is 0 Å². The normalized spacial score (nSPS) is 14.6. The predicted molar refractivity (Wildman–Crippen MR) is 94.4 cm³/mol. The van der Waals surface area contributed by atoms with Crippen LogP contribution in [0.1, 0.15) is 28.5 Å². The van der Waals surface area contributed by atoms with Gasteiger partial charge in [0.05, 0.1) is 22.9 Å². The predicted octanol–water partition coefficient (Wildman–Crippen LogP) is 4.85. The Morgan fingerprint density at radius 2 is 2.09 bits per heavy atom. The zero-order valence-electron chi connectivity index (χ0n) is 12.8. The fourth-order valence-corrected chi connectivity index (χ4v) is 3.81. The van der Waals surface area contributed by atoms with Crippen molar-refractivity contribution in [2.75, 3.05) is 13.7 Å². The van der Waals surface area contributed by atoms with Gasteiger partial charge in [0.2, 0.25) is 0 Å². The molecule has 0 spiro atoms. The number of halogens is 1. The number of carbonyl (C=O) groups excluding carboxylic acids is 1. The summed E-state index contributed by atoms with van der Waals surface area (Å²) in [7, 11) is 1.63. The summed E-state index contributed by atoms with van der Waals surface area (Å²) in [6.45, 7) is 2.12. The molecular weight excluding hydrogens is 332 g/mol. The van der Waals surface area contributed by atoms with E-state index in [2.05, 4.69) is 0 Å². The Bertz CT molecular complexity index is 817. The Morgan fingerprint density at radius 3 is 2.83 bits per heavy atom. The Morgan fingerprint density at radius 1 is 1.30 bits per heavy atom. The molecule has 2 aromatic rings. The second kappa shape index (κ2) is 6.60. The fourth-order valence-electron chi connectivity index (χ4n) is 2.57. The largest absolute Gasteiger partial charge is 0.495 e. The van der Waals surface area contributed by atoms with E-state index in [4.69, 9.17) is 21.1 Å². The van der Waals surface area contributed by atoms with Crippen LogP contribution in [0.4, 0.5) is 0 Å². The smallest absolute Gasteiger partial charge is 0.331 e. The van der Waals surface area contributed by atoms with Gasteiger partial charge in [0.25, 0.3) is 0 Å². The number of carbonyl (C=O) groups is 1. The minimum absolute atomic E-state index is 0.336. The maximum atomic E-state index is 12.0. The van der Waals surface area contributed by atoms with Crippen LogP contribution in [0.5, 0.6) is 0 Å². The Kier molecular flexibility index (Phi) is 4.55. The molecule has 0 unspecified atom stereocenters. The minimum Gasteiger partial charge on any atom is -0.495 e. The molecule has 0 saturated heterocycles. The van der Waals surface area contributed by atoms with Crippen molar-refractivity contribution in [3.8, 4) is 0 Å². The van der Waals surface area contributed by atoms with E-state index in [0.29, 0.717) is 10.9 Å². The molecule has 0 bridgehead atoms. The van der Waals surface area contributed by atoms with E-state index in [1.165, 1.54) is 17.4 Å². The second-order valence-corrected chi connectivity index (χ2v) is 6.59. The molecular formula is C18H15ClO3S. The quantitative estimate of drug-likeness (QED) is 0.588. The zero-order chi connectivity index (χ0) is 16.4. The van der Waals surface area contributed by atoms with Gasteiger partial charge in [-0.25, -0.2) is 4.79 Å². The van der Waals surface area contributed by atoms with Crippen molar-refractivity contribution in [2.24, 2.45) is 0 Å². The molecule has 3 rings (SSSR count). The highest BCUT2D eigenvalue weighted by Crippen LogP contribution is 2.43. The number of benzene rings is 1. The van der Waals surface area contributed by atoms with Crippen LogP contribution in [0.15, 0.2) is 36.4 Å². The molecule has 0 atom stereocenters. The van der Waals surface area contributed by atoms with Crippen molar-refractivity contribution in [1.29, 1.82) is 0 Å². The molecule has 1 aromatic carbocycles. The lowest BCUT2D eigenvalue weighted by atomic mass is 9.96. The molecule has 0 aliphatic heterocycles. The topological polar surface area (TPSA) is 35.5 Å². The Labute approximate surface area is 143 Å². The first-order valence-corrected chi connectivity index (χ1v) is 8.37. The minimum atomic E-state index is -0.369. The first-order chi connectivity index (χ1) is 11.1. The van der Waals surface area contributed by atoms with Gasteiger partial charge in [0.1, 0.15) is 5.76 Å². The van der Waals surface area contributed by atoms with Crippen LogP contribution in [-0.4, -0.2) is 19.7 Å². The van der Waals surface area contributed by atoms with Gasteiger partial charge in [-0.3, -0.25) is 0 Å². The van der Waals surface area contributed by atoms with Crippen LogP contribution in [0.3, 0.4) is 0 Å². The molecule has 0 amide bonds. The molecule has 1 aliphatic rings. The number of hydrogen-bond acceptors (Lipinski definition) is 4. The summed E-state index contributed by atoms with van der Waals surface area (Å²) in [4.78, 5) is 12.9. The van der Waals surface area contributed by atoms with Gasteiger partial charge >= 0.3 is 5.97 Å². The van der Waals surface area contributed by atoms with Crippen LogP contribution in [0.2, 0.25) is 4.34 Å². The van der Waals surface area contributed by atoms with E-state index >= 15 is 0 Å². The van der Waals surface area contributed by atoms with Crippen LogP contribution in [-0.2, 0) is 14.3 Å². The number of hydrogen-bond donors (Lipinski definition) is 0. The molecule has 23 heavy (non-hydrogen) atoms. The summed E-state index contributed by atoms with van der Waals surface area (Å²) >= 11 is 7.64. The SMILES string of the molecule is CCOC(=O)/C=C1/c2ccccc2C=C(OC)c2sc(Cl)cc21. The van der Waals surface area contributed by atoms with Gasteiger partial charge in [-0.15, -0.1) is 11.3 Å². The lowest BCUT2D eigenvalue weighted by molar-refractivity contribution is -0.137. The molecule has 1 aromatic heterocycles. The van der Waals surface area contributed by atoms with Crippen molar-refractivity contribution in [2.45, 2.75) is 6.92 Å². The first kappa shape index (κ1) is 15.8. The second-order valence-electron chi connectivity index (χ2n) is 4.90. The van der Waals surface area contributed by atoms with Crippen molar-refractivity contribution >= 4 is 46.3 Å². The molecule has 5 heteroatoms. The van der Waals surface area contributed by atoms with Crippen molar-refractivity contribution < 1.29 is 14.3 Å². The van der Waals surface area contributed by atoms with Crippen LogP contribution in [0.25, 0.3) is 17.4 Å². The van der Waals surface area contributed by atoms with Crippen LogP contribution >= 0.6 is 22.9 Å². The van der Waals surface area contributed by atoms with Gasteiger partial charge < -0.3 is 9.47 Å². The average Bonchev–Trinajstić information content (AvgIpc) is 2.87. The summed E-state index contributed by atoms with van der Waals surface area (Å²) in [5, 5.41) is 0. The van der Waals surface area contributed by atoms with Crippen molar-refractivity contribution in [3.63, 3.8) is 0 Å². The van der Waals surface area contributed by atoms with E-state index in [0.717, 1.165) is 32.9 Å². The fraction of sp³-hybridized carbons (Fsp3) is 0.167. The van der Waals surface area contributed by atoms with Gasteiger partial charge in [-0.1, -0.05) is 35.9 Å². The number of rotatable bonds is 3. The highest BCUT2D eigenvalue weighted by molar-refractivity contribution is 7.17. The maximum Gasteiger partial charge on any atom is 0.331 e. The Hall–Kier alpha value is -2.04. The molecule has 0 N–H and O–H groups in total. The van der Waals surface area contributed by atoms with Crippen LogP contribution in [0, 0.1) is 0 Å². The van der Waals surface area contributed by atoms with E-state index < -0.39 is 0 Å². The third kappa shape index (κ3) is 3.05. The molecule has 3 nitrogen and oxygen atoms in total. The number of esters is 1. The molecule has 0 saturated carbocycles. The average molecular weight is 347 g/mol. The highest BCUT2D eigenvalue weighted by Gasteiger charge is 2.23. The number of ether oxygens (including phenoxy) is 2. The molecule has 0 fully saturated rings. The summed E-state index contributed by atoms with van der Waals surface area (Å²) in [6, 6.07) is 9.73. The number of methoxy groups -OCH3 is 1. The summed E-state index contributed by atoms with van der Waals surface area (Å²) < 4.78 is 11.3. The zero-order valence-corrected chi connectivity index (χ0v) is 14.3. The van der Waals surface area contributed by atoms with E-state index in [1.807, 2.05) is 36.4 Å². The summed E-state index contributed by atoms with van der Waals surface area (Å²) in [5.74, 6) is 0.364. The monoisotopic (exact) mass is 346 g/mol. The lowest BCUT2D eigenvalue weighted by Gasteiger charge is -2.09. The third-order valence-electron chi connectivity index (χ3n) is 3.52. The van der Waals surface area contributed by atoms with Crippen molar-refractivity contribution in [1.82, 2.24) is 0 Å².